The Morgan fingerprint density at radius 2 is 1.93 bits per heavy atom. The Kier molecular flexibility index (Phi) is 5.85. The van der Waals surface area contributed by atoms with Crippen LogP contribution in [0.25, 0.3) is 0 Å². The molecule has 2 atom stereocenters. The molecule has 0 fully saturated rings. The molecule has 0 aromatic heterocycles. The number of aliphatic hydroxyl groups is 1. The van der Waals surface area contributed by atoms with Gasteiger partial charge in [0.1, 0.15) is 5.82 Å². The maximum atomic E-state index is 13.3. The van der Waals surface area contributed by atoms with Crippen LogP contribution in [-0.2, 0) is 0 Å². The van der Waals surface area contributed by atoms with Crippen LogP contribution in [0.3, 0.4) is 0 Å². The third-order valence-electron chi connectivity index (χ3n) is 1.93. The van der Waals surface area contributed by atoms with E-state index in [0.717, 1.165) is 0 Å². The number of hydrogen-bond acceptors (Lipinski definition) is 2. The van der Waals surface area contributed by atoms with E-state index in [-0.39, 0.29) is 28.0 Å². The Labute approximate surface area is 104 Å². The van der Waals surface area contributed by atoms with Crippen LogP contribution in [0.4, 0.5) is 4.39 Å². The van der Waals surface area contributed by atoms with Crippen molar-refractivity contribution >= 4 is 35.6 Å². The van der Waals surface area contributed by atoms with Crippen molar-refractivity contribution in [3.05, 3.63) is 33.6 Å². The van der Waals surface area contributed by atoms with Crippen molar-refractivity contribution in [1.29, 1.82) is 0 Å². The quantitative estimate of drug-likeness (QED) is 0.815. The predicted molar refractivity (Wildman–Crippen MR) is 62.3 cm³/mol. The first-order valence-electron chi connectivity index (χ1n) is 4.02. The highest BCUT2D eigenvalue weighted by molar-refractivity contribution is 6.42. The van der Waals surface area contributed by atoms with E-state index in [2.05, 4.69) is 0 Å². The minimum Gasteiger partial charge on any atom is -0.391 e. The molecule has 0 saturated carbocycles. The number of hydrogen-bond donors (Lipinski definition) is 2. The van der Waals surface area contributed by atoms with Crippen LogP contribution in [0.5, 0.6) is 0 Å². The average Bonchev–Trinajstić information content (AvgIpc) is 2.12. The highest BCUT2D eigenvalue weighted by atomic mass is 35.5. The Hall–Kier alpha value is -0.0600. The first kappa shape index (κ1) is 14.9. The first-order valence-corrected chi connectivity index (χ1v) is 4.77. The van der Waals surface area contributed by atoms with Gasteiger partial charge in [-0.15, -0.1) is 12.4 Å². The molecule has 0 aliphatic heterocycles. The third kappa shape index (κ3) is 3.20. The second-order valence-corrected chi connectivity index (χ2v) is 3.81. The Balaban J connectivity index is 0.00000196. The molecule has 1 rings (SSSR count). The summed E-state index contributed by atoms with van der Waals surface area (Å²) in [6.07, 6.45) is -0.888. The zero-order valence-corrected chi connectivity index (χ0v) is 10.2. The molecule has 15 heavy (non-hydrogen) atoms. The number of rotatable bonds is 2. The van der Waals surface area contributed by atoms with Crippen molar-refractivity contribution in [2.75, 3.05) is 0 Å². The van der Waals surface area contributed by atoms with E-state index in [4.69, 9.17) is 28.9 Å². The molecule has 0 aliphatic rings. The normalized spacial score (nSPS) is 14.3. The van der Waals surface area contributed by atoms with Gasteiger partial charge in [-0.05, 0) is 19.1 Å². The molecule has 1 aromatic rings. The SMILES string of the molecule is C[C@@H](O)[C@@H](N)c1c(F)ccc(Cl)c1Cl.Cl. The molecule has 3 N–H and O–H groups in total. The molecule has 0 amide bonds. The van der Waals surface area contributed by atoms with Crippen LogP contribution >= 0.6 is 35.6 Å². The molecule has 0 heterocycles. The molecular formula is C9H11Cl3FNO. The van der Waals surface area contributed by atoms with Gasteiger partial charge in [0.05, 0.1) is 22.2 Å². The molecular weight excluding hydrogens is 263 g/mol. The summed E-state index contributed by atoms with van der Waals surface area (Å²) in [6, 6.07) is 1.64. The van der Waals surface area contributed by atoms with Gasteiger partial charge in [-0.1, -0.05) is 23.2 Å². The summed E-state index contributed by atoms with van der Waals surface area (Å²) >= 11 is 11.5. The van der Waals surface area contributed by atoms with E-state index in [1.54, 1.807) is 0 Å². The smallest absolute Gasteiger partial charge is 0.129 e. The zero-order chi connectivity index (χ0) is 10.9. The van der Waals surface area contributed by atoms with Gasteiger partial charge in [0.25, 0.3) is 0 Å². The van der Waals surface area contributed by atoms with Gasteiger partial charge >= 0.3 is 0 Å². The second kappa shape index (κ2) is 5.87. The largest absolute Gasteiger partial charge is 0.391 e. The molecule has 0 unspecified atom stereocenters. The van der Waals surface area contributed by atoms with Gasteiger partial charge in [0, 0.05) is 5.56 Å². The Morgan fingerprint density at radius 3 is 2.40 bits per heavy atom. The van der Waals surface area contributed by atoms with E-state index < -0.39 is 18.0 Å². The molecule has 6 heteroatoms. The summed E-state index contributed by atoms with van der Waals surface area (Å²) in [5.74, 6) is -0.562. The Bertz CT molecular complexity index is 346. The number of benzene rings is 1. The van der Waals surface area contributed by atoms with Crippen molar-refractivity contribution in [2.24, 2.45) is 5.73 Å². The van der Waals surface area contributed by atoms with Gasteiger partial charge in [-0.3, -0.25) is 0 Å². The van der Waals surface area contributed by atoms with Gasteiger partial charge in [0.15, 0.2) is 0 Å². The number of aliphatic hydroxyl groups excluding tert-OH is 1. The lowest BCUT2D eigenvalue weighted by Gasteiger charge is -2.17. The highest BCUT2D eigenvalue weighted by Gasteiger charge is 2.21. The first-order chi connectivity index (χ1) is 6.45. The fraction of sp³-hybridized carbons (Fsp3) is 0.333. The monoisotopic (exact) mass is 273 g/mol. The summed E-state index contributed by atoms with van der Waals surface area (Å²) in [4.78, 5) is 0. The average molecular weight is 275 g/mol. The topological polar surface area (TPSA) is 46.2 Å². The van der Waals surface area contributed by atoms with Crippen molar-refractivity contribution in [3.63, 3.8) is 0 Å². The van der Waals surface area contributed by atoms with Gasteiger partial charge < -0.3 is 10.8 Å². The minimum absolute atomic E-state index is 0. The van der Waals surface area contributed by atoms with Crippen LogP contribution in [0.15, 0.2) is 12.1 Å². The molecule has 0 spiro atoms. The predicted octanol–water partition coefficient (Wildman–Crippen LogP) is 2.93. The summed E-state index contributed by atoms with van der Waals surface area (Å²) in [5, 5.41) is 9.50. The van der Waals surface area contributed by atoms with Crippen LogP contribution < -0.4 is 5.73 Å². The van der Waals surface area contributed by atoms with E-state index in [9.17, 15) is 9.50 Å². The lowest BCUT2D eigenvalue weighted by Crippen LogP contribution is -2.24. The fourth-order valence-corrected chi connectivity index (χ4v) is 1.53. The van der Waals surface area contributed by atoms with Crippen molar-refractivity contribution in [2.45, 2.75) is 19.1 Å². The van der Waals surface area contributed by atoms with E-state index in [0.29, 0.717) is 0 Å². The minimum atomic E-state index is -0.888. The third-order valence-corrected chi connectivity index (χ3v) is 2.75. The van der Waals surface area contributed by atoms with Crippen molar-refractivity contribution < 1.29 is 9.50 Å². The second-order valence-electron chi connectivity index (χ2n) is 3.02. The summed E-state index contributed by atoms with van der Waals surface area (Å²) in [5.41, 5.74) is 5.63. The van der Waals surface area contributed by atoms with Crippen LogP contribution in [0, 0.1) is 5.82 Å². The lowest BCUT2D eigenvalue weighted by atomic mass is 10.0. The number of nitrogens with two attached hydrogens (primary N) is 1. The van der Waals surface area contributed by atoms with Gasteiger partial charge in [0.2, 0.25) is 0 Å². The van der Waals surface area contributed by atoms with Crippen LogP contribution in [0.2, 0.25) is 10.0 Å². The molecule has 2 nitrogen and oxygen atoms in total. The van der Waals surface area contributed by atoms with Gasteiger partial charge in [-0.2, -0.15) is 0 Å². The molecule has 0 saturated heterocycles. The molecule has 0 bridgehead atoms. The summed E-state index contributed by atoms with van der Waals surface area (Å²) in [7, 11) is 0. The van der Waals surface area contributed by atoms with Crippen molar-refractivity contribution in [1.82, 2.24) is 0 Å². The molecule has 86 valence electrons. The fourth-order valence-electron chi connectivity index (χ4n) is 1.09. The van der Waals surface area contributed by atoms with E-state index >= 15 is 0 Å². The maximum absolute atomic E-state index is 13.3. The summed E-state index contributed by atoms with van der Waals surface area (Å²) < 4.78 is 13.3. The van der Waals surface area contributed by atoms with Crippen LogP contribution in [-0.4, -0.2) is 11.2 Å². The molecule has 0 aliphatic carbocycles. The molecule has 1 aromatic carbocycles. The standard InChI is InChI=1S/C9H10Cl2FNO.ClH/c1-4(14)9(13)7-6(12)3-2-5(10)8(7)11;/h2-4,9,14H,13H2,1H3;1H/t4-,9-;/m1./s1. The number of halogens is 4. The van der Waals surface area contributed by atoms with Crippen LogP contribution in [0.1, 0.15) is 18.5 Å². The van der Waals surface area contributed by atoms with E-state index in [1.807, 2.05) is 0 Å². The molecule has 0 radical (unpaired) electrons. The van der Waals surface area contributed by atoms with Crippen molar-refractivity contribution in [3.8, 4) is 0 Å². The zero-order valence-electron chi connectivity index (χ0n) is 7.88. The maximum Gasteiger partial charge on any atom is 0.129 e. The van der Waals surface area contributed by atoms with E-state index in [1.165, 1.54) is 19.1 Å². The van der Waals surface area contributed by atoms with Gasteiger partial charge in [-0.25, -0.2) is 4.39 Å². The highest BCUT2D eigenvalue weighted by Crippen LogP contribution is 2.32. The summed E-state index contributed by atoms with van der Waals surface area (Å²) in [6.45, 7) is 1.46. The lowest BCUT2D eigenvalue weighted by molar-refractivity contribution is 0.162. The Morgan fingerprint density at radius 1 is 1.40 bits per heavy atom.